The Bertz CT molecular complexity index is 513. The van der Waals surface area contributed by atoms with Gasteiger partial charge in [0.1, 0.15) is 0 Å². The maximum Gasteiger partial charge on any atom is 0.0916 e. The number of hydrogen-bond acceptors (Lipinski definition) is 3. The van der Waals surface area contributed by atoms with Crippen LogP contribution >= 0.6 is 0 Å². The van der Waals surface area contributed by atoms with Crippen molar-refractivity contribution in [1.29, 1.82) is 0 Å². The number of nitrogens with two attached hydrogens (primary N) is 1. The van der Waals surface area contributed by atoms with Crippen molar-refractivity contribution in [3.8, 4) is 0 Å². The van der Waals surface area contributed by atoms with Crippen LogP contribution in [0.1, 0.15) is 17.2 Å². The summed E-state index contributed by atoms with van der Waals surface area (Å²) in [5.74, 6) is 0. The molecule has 0 amide bonds. The Morgan fingerprint density at radius 3 is 2.37 bits per heavy atom. The van der Waals surface area contributed by atoms with E-state index in [4.69, 9.17) is 5.73 Å². The number of anilines is 1. The van der Waals surface area contributed by atoms with E-state index in [1.165, 1.54) is 0 Å². The number of likely N-dealkylation sites (N-methyl/N-ethyl adjacent to an activating group) is 1. The van der Waals surface area contributed by atoms with Crippen LogP contribution in [0.25, 0.3) is 0 Å². The van der Waals surface area contributed by atoms with Crippen molar-refractivity contribution >= 4 is 5.69 Å². The summed E-state index contributed by atoms with van der Waals surface area (Å²) in [5.41, 5.74) is 8.74. The second-order valence-corrected chi connectivity index (χ2v) is 4.82. The predicted octanol–water partition coefficient (Wildman–Crippen LogP) is 2.43. The highest BCUT2D eigenvalue weighted by Crippen LogP contribution is 2.16. The molecule has 0 aliphatic rings. The fraction of sp³-hybridized carbons (Fsp3) is 0.250. The number of para-hydroxylation sites is 1. The summed E-state index contributed by atoms with van der Waals surface area (Å²) >= 11 is 0. The minimum absolute atomic E-state index is 0.476. The van der Waals surface area contributed by atoms with Gasteiger partial charge in [0.2, 0.25) is 0 Å². The average molecular weight is 256 g/mol. The topological polar surface area (TPSA) is 49.5 Å². The summed E-state index contributed by atoms with van der Waals surface area (Å²) in [6.07, 6.45) is -0.476. The molecule has 0 aliphatic heterocycles. The van der Waals surface area contributed by atoms with Gasteiger partial charge in [-0.05, 0) is 24.2 Å². The zero-order chi connectivity index (χ0) is 13.7. The first kappa shape index (κ1) is 13.6. The average Bonchev–Trinajstić information content (AvgIpc) is 2.42. The summed E-state index contributed by atoms with van der Waals surface area (Å²) in [6.45, 7) is 1.31. The first-order valence-corrected chi connectivity index (χ1v) is 6.42. The van der Waals surface area contributed by atoms with Gasteiger partial charge in [-0.25, -0.2) is 0 Å². The van der Waals surface area contributed by atoms with Gasteiger partial charge in [0.05, 0.1) is 6.10 Å². The number of nitrogen functional groups attached to an aromatic ring is 1. The van der Waals surface area contributed by atoms with E-state index in [2.05, 4.69) is 4.90 Å². The lowest BCUT2D eigenvalue weighted by molar-refractivity contribution is 0.124. The summed E-state index contributed by atoms with van der Waals surface area (Å²) in [7, 11) is 1.98. The SMILES string of the molecule is CN(Cc1ccccc1N)C[C@@H](O)c1ccccc1. The van der Waals surface area contributed by atoms with Crippen molar-refractivity contribution in [2.45, 2.75) is 12.6 Å². The summed E-state index contributed by atoms with van der Waals surface area (Å²) in [5, 5.41) is 10.2. The molecule has 1 atom stereocenters. The van der Waals surface area contributed by atoms with E-state index >= 15 is 0 Å². The van der Waals surface area contributed by atoms with Crippen LogP contribution in [0.5, 0.6) is 0 Å². The molecule has 19 heavy (non-hydrogen) atoms. The van der Waals surface area contributed by atoms with Crippen LogP contribution in [0.3, 0.4) is 0 Å². The van der Waals surface area contributed by atoms with Gasteiger partial charge in [-0.2, -0.15) is 0 Å². The first-order chi connectivity index (χ1) is 9.16. The summed E-state index contributed by atoms with van der Waals surface area (Å²) in [6, 6.07) is 17.5. The molecule has 2 aromatic carbocycles. The third-order valence-electron chi connectivity index (χ3n) is 3.16. The highest BCUT2D eigenvalue weighted by Gasteiger charge is 2.11. The number of aliphatic hydroxyl groups is 1. The first-order valence-electron chi connectivity index (χ1n) is 6.42. The number of nitrogens with zero attached hydrogens (tertiary/aromatic N) is 1. The van der Waals surface area contributed by atoms with E-state index < -0.39 is 6.10 Å². The van der Waals surface area contributed by atoms with E-state index in [0.717, 1.165) is 23.4 Å². The number of aliphatic hydroxyl groups excluding tert-OH is 1. The standard InChI is InChI=1S/C16H20N2O/c1-18(11-14-9-5-6-10-15(14)17)12-16(19)13-7-3-2-4-8-13/h2-10,16,19H,11-12,17H2,1H3/t16-/m1/s1. The molecule has 3 N–H and O–H groups in total. The largest absolute Gasteiger partial charge is 0.398 e. The Labute approximate surface area is 114 Å². The van der Waals surface area contributed by atoms with E-state index in [1.807, 2.05) is 61.6 Å². The Morgan fingerprint density at radius 2 is 1.68 bits per heavy atom. The van der Waals surface area contributed by atoms with Crippen molar-refractivity contribution < 1.29 is 5.11 Å². The van der Waals surface area contributed by atoms with E-state index in [1.54, 1.807) is 0 Å². The molecule has 0 unspecified atom stereocenters. The van der Waals surface area contributed by atoms with Crippen LogP contribution in [0.2, 0.25) is 0 Å². The molecule has 0 radical (unpaired) electrons. The van der Waals surface area contributed by atoms with Crippen LogP contribution in [-0.4, -0.2) is 23.6 Å². The third-order valence-corrected chi connectivity index (χ3v) is 3.16. The highest BCUT2D eigenvalue weighted by molar-refractivity contribution is 5.46. The lowest BCUT2D eigenvalue weighted by Crippen LogP contribution is -2.24. The Balaban J connectivity index is 1.95. The fourth-order valence-electron chi connectivity index (χ4n) is 2.11. The summed E-state index contributed by atoms with van der Waals surface area (Å²) < 4.78 is 0. The number of hydrogen-bond donors (Lipinski definition) is 2. The molecule has 2 aromatic rings. The molecule has 0 saturated carbocycles. The smallest absolute Gasteiger partial charge is 0.0916 e. The van der Waals surface area contributed by atoms with Gasteiger partial charge < -0.3 is 10.8 Å². The van der Waals surface area contributed by atoms with Crippen molar-refractivity contribution in [3.63, 3.8) is 0 Å². The number of rotatable bonds is 5. The molecule has 0 saturated heterocycles. The monoisotopic (exact) mass is 256 g/mol. The minimum Gasteiger partial charge on any atom is -0.398 e. The van der Waals surface area contributed by atoms with Crippen LogP contribution in [0, 0.1) is 0 Å². The molecule has 0 spiro atoms. The molecule has 0 aromatic heterocycles. The summed E-state index contributed by atoms with van der Waals surface area (Å²) in [4.78, 5) is 2.07. The van der Waals surface area contributed by atoms with Gasteiger partial charge in [0.25, 0.3) is 0 Å². The normalized spacial score (nSPS) is 12.6. The van der Waals surface area contributed by atoms with Gasteiger partial charge in [-0.3, -0.25) is 4.90 Å². The third kappa shape index (κ3) is 3.81. The highest BCUT2D eigenvalue weighted by atomic mass is 16.3. The molecule has 0 aliphatic carbocycles. The Morgan fingerprint density at radius 1 is 1.05 bits per heavy atom. The zero-order valence-electron chi connectivity index (χ0n) is 11.2. The van der Waals surface area contributed by atoms with Gasteiger partial charge in [0, 0.05) is 18.8 Å². The molecular formula is C16H20N2O. The van der Waals surface area contributed by atoms with Gasteiger partial charge in [-0.1, -0.05) is 48.5 Å². The van der Waals surface area contributed by atoms with E-state index in [9.17, 15) is 5.11 Å². The fourth-order valence-corrected chi connectivity index (χ4v) is 2.11. The van der Waals surface area contributed by atoms with Crippen molar-refractivity contribution in [2.24, 2.45) is 0 Å². The second-order valence-electron chi connectivity index (χ2n) is 4.82. The predicted molar refractivity (Wildman–Crippen MR) is 78.6 cm³/mol. The Kier molecular flexibility index (Phi) is 4.55. The molecule has 3 heteroatoms. The van der Waals surface area contributed by atoms with Crippen LogP contribution < -0.4 is 5.73 Å². The molecule has 0 fully saturated rings. The molecule has 100 valence electrons. The van der Waals surface area contributed by atoms with Crippen LogP contribution in [0.4, 0.5) is 5.69 Å². The zero-order valence-corrected chi connectivity index (χ0v) is 11.2. The van der Waals surface area contributed by atoms with E-state index in [-0.39, 0.29) is 0 Å². The molecule has 3 nitrogen and oxygen atoms in total. The minimum atomic E-state index is -0.476. The molecular weight excluding hydrogens is 236 g/mol. The van der Waals surface area contributed by atoms with Gasteiger partial charge >= 0.3 is 0 Å². The van der Waals surface area contributed by atoms with Gasteiger partial charge in [-0.15, -0.1) is 0 Å². The van der Waals surface area contributed by atoms with Crippen LogP contribution in [0.15, 0.2) is 54.6 Å². The molecule has 0 bridgehead atoms. The van der Waals surface area contributed by atoms with Crippen molar-refractivity contribution in [2.75, 3.05) is 19.3 Å². The van der Waals surface area contributed by atoms with Crippen LogP contribution in [-0.2, 0) is 6.54 Å². The Hall–Kier alpha value is -1.84. The molecule has 2 rings (SSSR count). The quantitative estimate of drug-likeness (QED) is 0.808. The lowest BCUT2D eigenvalue weighted by atomic mass is 10.1. The second kappa shape index (κ2) is 6.36. The number of benzene rings is 2. The van der Waals surface area contributed by atoms with Gasteiger partial charge in [0.15, 0.2) is 0 Å². The maximum atomic E-state index is 10.2. The maximum absolute atomic E-state index is 10.2. The molecule has 0 heterocycles. The van der Waals surface area contributed by atoms with E-state index in [0.29, 0.717) is 6.54 Å². The lowest BCUT2D eigenvalue weighted by Gasteiger charge is -2.21. The van der Waals surface area contributed by atoms with Crippen molar-refractivity contribution in [1.82, 2.24) is 4.90 Å². The van der Waals surface area contributed by atoms with Crippen molar-refractivity contribution in [3.05, 3.63) is 65.7 Å².